The third-order valence-electron chi connectivity index (χ3n) is 4.40. The van der Waals surface area contributed by atoms with Crippen molar-refractivity contribution in [2.75, 3.05) is 18.8 Å². The number of nitrogens with two attached hydrogens (primary N) is 1. The van der Waals surface area contributed by atoms with Crippen LogP contribution in [0.2, 0.25) is 0 Å². The van der Waals surface area contributed by atoms with Gasteiger partial charge in [-0.3, -0.25) is 4.79 Å². The van der Waals surface area contributed by atoms with Crippen LogP contribution >= 0.6 is 24.2 Å². The number of benzene rings is 2. The lowest BCUT2D eigenvalue weighted by atomic mass is 10.1. The number of carbonyl (C=O) groups excluding carboxylic acids is 1. The highest BCUT2D eigenvalue weighted by Gasteiger charge is 2.31. The predicted octanol–water partition coefficient (Wildman–Crippen LogP) is 3.55. The summed E-state index contributed by atoms with van der Waals surface area (Å²) < 4.78 is 0. The summed E-state index contributed by atoms with van der Waals surface area (Å²) in [5, 5.41) is 2.45. The second kappa shape index (κ2) is 8.04. The van der Waals surface area contributed by atoms with E-state index in [1.165, 1.54) is 10.8 Å². The summed E-state index contributed by atoms with van der Waals surface area (Å²) >= 11 is 1.62. The molecule has 0 aromatic heterocycles. The number of likely N-dealkylation sites (tertiary alicyclic amines) is 1. The Morgan fingerprint density at radius 2 is 2.00 bits per heavy atom. The van der Waals surface area contributed by atoms with E-state index >= 15 is 0 Å². The van der Waals surface area contributed by atoms with Gasteiger partial charge >= 0.3 is 0 Å². The van der Waals surface area contributed by atoms with Gasteiger partial charge in [0.15, 0.2) is 0 Å². The van der Waals surface area contributed by atoms with E-state index in [0.717, 1.165) is 17.9 Å². The minimum atomic E-state index is 0. The van der Waals surface area contributed by atoms with E-state index in [9.17, 15) is 4.79 Å². The lowest BCUT2D eigenvalue weighted by Crippen LogP contribution is -2.35. The van der Waals surface area contributed by atoms with Gasteiger partial charge in [0.2, 0.25) is 5.91 Å². The van der Waals surface area contributed by atoms with Crippen LogP contribution in [0.5, 0.6) is 0 Å². The van der Waals surface area contributed by atoms with Gasteiger partial charge in [0.05, 0.1) is 5.75 Å². The van der Waals surface area contributed by atoms with Gasteiger partial charge in [-0.25, -0.2) is 0 Å². The lowest BCUT2D eigenvalue weighted by Gasteiger charge is -2.21. The van der Waals surface area contributed by atoms with Gasteiger partial charge in [-0.15, -0.1) is 24.2 Å². The summed E-state index contributed by atoms with van der Waals surface area (Å²) in [7, 11) is 0. The van der Waals surface area contributed by atoms with Crippen molar-refractivity contribution in [3.05, 3.63) is 42.5 Å². The number of amides is 1. The summed E-state index contributed by atoms with van der Waals surface area (Å²) in [5.41, 5.74) is 5.73. The maximum absolute atomic E-state index is 12.4. The number of carbonyl (C=O) groups is 1. The summed E-state index contributed by atoms with van der Waals surface area (Å²) in [6.07, 6.45) is 1.03. The molecule has 1 amide bonds. The quantitative estimate of drug-likeness (QED) is 0.858. The maximum Gasteiger partial charge on any atom is 0.233 e. The molecule has 3 nitrogen and oxygen atoms in total. The fraction of sp³-hybridized carbons (Fsp3) is 0.389. The molecule has 1 aliphatic rings. The van der Waals surface area contributed by atoms with E-state index in [4.69, 9.17) is 5.73 Å². The molecule has 1 aliphatic heterocycles. The van der Waals surface area contributed by atoms with Crippen LogP contribution in [-0.4, -0.2) is 35.7 Å². The van der Waals surface area contributed by atoms with Gasteiger partial charge in [-0.1, -0.05) is 30.3 Å². The normalized spacial score (nSPS) is 20.5. The van der Waals surface area contributed by atoms with E-state index < -0.39 is 0 Å². The number of hydrogen-bond donors (Lipinski definition) is 1. The molecule has 0 bridgehead atoms. The molecule has 0 aliphatic carbocycles. The van der Waals surface area contributed by atoms with Crippen molar-refractivity contribution < 1.29 is 4.79 Å². The Balaban J connectivity index is 0.00000192. The second-order valence-electron chi connectivity index (χ2n) is 6.03. The molecule has 124 valence electrons. The molecule has 3 rings (SSSR count). The molecule has 2 aromatic carbocycles. The Hall–Kier alpha value is -1.23. The van der Waals surface area contributed by atoms with Crippen molar-refractivity contribution >= 4 is 40.8 Å². The molecule has 0 radical (unpaired) electrons. The van der Waals surface area contributed by atoms with Crippen LogP contribution in [0.4, 0.5) is 0 Å². The first kappa shape index (κ1) is 18.1. The highest BCUT2D eigenvalue weighted by Crippen LogP contribution is 2.26. The maximum atomic E-state index is 12.4. The number of rotatable bonds is 4. The molecule has 2 N–H and O–H groups in total. The van der Waals surface area contributed by atoms with Gasteiger partial charge in [0, 0.05) is 17.5 Å². The topological polar surface area (TPSA) is 46.3 Å². The standard InChI is InChI=1S/C18H22N2OS.ClH/c1-13-8-14(10-19)11-20(13)18(21)12-22-17-7-6-15-4-2-3-5-16(15)9-17;/h2-7,9,13-14H,8,10-12,19H2,1H3;1H. The molecule has 23 heavy (non-hydrogen) atoms. The Kier molecular flexibility index (Phi) is 6.33. The van der Waals surface area contributed by atoms with E-state index in [-0.39, 0.29) is 18.3 Å². The molecule has 2 atom stereocenters. The van der Waals surface area contributed by atoms with Crippen molar-refractivity contribution in [3.8, 4) is 0 Å². The van der Waals surface area contributed by atoms with Crippen molar-refractivity contribution in [2.24, 2.45) is 11.7 Å². The van der Waals surface area contributed by atoms with Gasteiger partial charge in [-0.2, -0.15) is 0 Å². The van der Waals surface area contributed by atoms with Crippen molar-refractivity contribution in [3.63, 3.8) is 0 Å². The van der Waals surface area contributed by atoms with Gasteiger partial charge < -0.3 is 10.6 Å². The second-order valence-corrected chi connectivity index (χ2v) is 7.08. The van der Waals surface area contributed by atoms with Crippen molar-refractivity contribution in [1.29, 1.82) is 0 Å². The van der Waals surface area contributed by atoms with Crippen LogP contribution < -0.4 is 5.73 Å². The summed E-state index contributed by atoms with van der Waals surface area (Å²) in [6, 6.07) is 15.0. The fourth-order valence-corrected chi connectivity index (χ4v) is 3.98. The highest BCUT2D eigenvalue weighted by molar-refractivity contribution is 8.00. The third-order valence-corrected chi connectivity index (χ3v) is 5.38. The molecular weight excluding hydrogens is 328 g/mol. The molecule has 5 heteroatoms. The van der Waals surface area contributed by atoms with E-state index in [1.807, 2.05) is 17.0 Å². The van der Waals surface area contributed by atoms with Gasteiger partial charge in [0.25, 0.3) is 0 Å². The average molecular weight is 351 g/mol. The van der Waals surface area contributed by atoms with Crippen LogP contribution in [0, 0.1) is 5.92 Å². The smallest absolute Gasteiger partial charge is 0.233 e. The number of fused-ring (bicyclic) bond motifs is 1. The van der Waals surface area contributed by atoms with E-state index in [1.54, 1.807) is 11.8 Å². The van der Waals surface area contributed by atoms with Gasteiger partial charge in [0.1, 0.15) is 0 Å². The first-order valence-electron chi connectivity index (χ1n) is 7.78. The third kappa shape index (κ3) is 4.19. The molecule has 1 saturated heterocycles. The number of halogens is 1. The minimum absolute atomic E-state index is 0. The highest BCUT2D eigenvalue weighted by atomic mass is 35.5. The Labute approximate surface area is 148 Å². The SMILES string of the molecule is CC1CC(CN)CN1C(=O)CSc1ccc2ccccc2c1.Cl. The Bertz CT molecular complexity index is 679. The summed E-state index contributed by atoms with van der Waals surface area (Å²) in [5.74, 6) is 1.19. The number of nitrogens with zero attached hydrogens (tertiary/aromatic N) is 1. The first-order chi connectivity index (χ1) is 10.7. The largest absolute Gasteiger partial charge is 0.339 e. The Morgan fingerprint density at radius 3 is 2.70 bits per heavy atom. The van der Waals surface area contributed by atoms with Crippen molar-refractivity contribution in [2.45, 2.75) is 24.3 Å². The number of thioether (sulfide) groups is 1. The molecule has 1 fully saturated rings. The monoisotopic (exact) mass is 350 g/mol. The molecule has 2 unspecified atom stereocenters. The molecule has 1 heterocycles. The van der Waals surface area contributed by atoms with E-state index in [0.29, 0.717) is 24.3 Å². The Morgan fingerprint density at radius 1 is 1.26 bits per heavy atom. The predicted molar refractivity (Wildman–Crippen MR) is 100 cm³/mol. The summed E-state index contributed by atoms with van der Waals surface area (Å²) in [4.78, 5) is 15.6. The minimum Gasteiger partial charge on any atom is -0.339 e. The average Bonchev–Trinajstić information content (AvgIpc) is 2.93. The molecule has 2 aromatic rings. The molecule has 0 spiro atoms. The zero-order valence-electron chi connectivity index (χ0n) is 13.3. The van der Waals surface area contributed by atoms with Gasteiger partial charge in [-0.05, 0) is 48.7 Å². The fourth-order valence-electron chi connectivity index (χ4n) is 3.15. The van der Waals surface area contributed by atoms with Crippen LogP contribution in [0.15, 0.2) is 47.4 Å². The van der Waals surface area contributed by atoms with Crippen LogP contribution in [0.1, 0.15) is 13.3 Å². The zero-order chi connectivity index (χ0) is 15.5. The first-order valence-corrected chi connectivity index (χ1v) is 8.77. The van der Waals surface area contributed by atoms with Crippen molar-refractivity contribution in [1.82, 2.24) is 4.90 Å². The van der Waals surface area contributed by atoms with Crippen LogP contribution in [0.25, 0.3) is 10.8 Å². The summed E-state index contributed by atoms with van der Waals surface area (Å²) in [6.45, 7) is 3.61. The lowest BCUT2D eigenvalue weighted by molar-refractivity contribution is -0.128. The molecule has 0 saturated carbocycles. The van der Waals surface area contributed by atoms with E-state index in [2.05, 4.69) is 37.3 Å². The van der Waals surface area contributed by atoms with Crippen LogP contribution in [0.3, 0.4) is 0 Å². The zero-order valence-corrected chi connectivity index (χ0v) is 14.9. The molecular formula is C18H23ClN2OS. The number of hydrogen-bond acceptors (Lipinski definition) is 3. The van der Waals surface area contributed by atoms with Crippen LogP contribution in [-0.2, 0) is 4.79 Å².